The van der Waals surface area contributed by atoms with Gasteiger partial charge in [-0.3, -0.25) is 0 Å². The minimum Gasteiger partial charge on any atom is -0.377 e. The summed E-state index contributed by atoms with van der Waals surface area (Å²) in [5.41, 5.74) is 0. The monoisotopic (exact) mass is 584 g/mol. The molecule has 12 heteroatoms. The molecule has 0 saturated heterocycles. The second kappa shape index (κ2) is 36.3. The fourth-order valence-corrected chi connectivity index (χ4v) is 2.71. The summed E-state index contributed by atoms with van der Waals surface area (Å²) in [5, 5.41) is 0. The lowest BCUT2D eigenvalue weighted by molar-refractivity contribution is -0.0291. The Morgan fingerprint density at radius 2 is 0.550 bits per heavy atom. The highest BCUT2D eigenvalue weighted by atomic mass is 16.6. The summed E-state index contributed by atoms with van der Waals surface area (Å²) in [6.07, 6.45) is 1.94. The molecule has 0 aromatic heterocycles. The summed E-state index contributed by atoms with van der Waals surface area (Å²) < 4.78 is 65.0. The van der Waals surface area contributed by atoms with Crippen molar-refractivity contribution in [2.24, 2.45) is 0 Å². The molecule has 0 radical (unpaired) electrons. The van der Waals surface area contributed by atoms with Crippen LogP contribution in [0.4, 0.5) is 0 Å². The predicted octanol–water partition coefficient (Wildman–Crippen LogP) is 1.78. The van der Waals surface area contributed by atoms with Crippen molar-refractivity contribution in [2.75, 3.05) is 152 Å². The first-order valence-electron chi connectivity index (χ1n) is 14.3. The van der Waals surface area contributed by atoms with Crippen LogP contribution in [0.5, 0.6) is 0 Å². The largest absolute Gasteiger partial charge is 0.377 e. The zero-order valence-electron chi connectivity index (χ0n) is 25.0. The first-order chi connectivity index (χ1) is 19.8. The molecule has 0 atom stereocenters. The molecule has 0 fully saturated rings. The molecule has 0 aliphatic rings. The van der Waals surface area contributed by atoms with Crippen LogP contribution >= 0.6 is 0 Å². The van der Waals surface area contributed by atoms with Gasteiger partial charge in [0, 0.05) is 0 Å². The van der Waals surface area contributed by atoms with E-state index in [1.54, 1.807) is 6.08 Å². The fraction of sp³-hybridized carbons (Fsp3) is 0.929. The van der Waals surface area contributed by atoms with Gasteiger partial charge in [0.1, 0.15) is 0 Å². The van der Waals surface area contributed by atoms with Crippen LogP contribution in [0.1, 0.15) is 13.8 Å². The van der Waals surface area contributed by atoms with E-state index in [1.807, 2.05) is 13.8 Å². The van der Waals surface area contributed by atoms with E-state index in [0.717, 1.165) is 0 Å². The fourth-order valence-electron chi connectivity index (χ4n) is 2.71. The third kappa shape index (κ3) is 37.3. The Morgan fingerprint density at radius 3 is 0.750 bits per heavy atom. The van der Waals surface area contributed by atoms with Crippen LogP contribution in [0, 0.1) is 0 Å². The molecule has 40 heavy (non-hydrogen) atoms. The van der Waals surface area contributed by atoms with Gasteiger partial charge in [-0.2, -0.15) is 0 Å². The molecule has 0 spiro atoms. The standard InChI is InChI=1S/C28H56O12/c1-4-5-29-6-7-30-8-9-31-10-11-32-12-13-33-14-15-34-16-17-35-18-19-36-20-21-37-22-23-38-24-25-39-26-27-40-28(2)3/h4,28H,1,5-27H2,2-3H3. The molecule has 0 heterocycles. The van der Waals surface area contributed by atoms with Gasteiger partial charge in [-0.15, -0.1) is 6.58 Å². The average molecular weight is 585 g/mol. The molecule has 0 saturated carbocycles. The van der Waals surface area contributed by atoms with E-state index in [0.29, 0.717) is 152 Å². The van der Waals surface area contributed by atoms with E-state index in [9.17, 15) is 0 Å². The van der Waals surface area contributed by atoms with Gasteiger partial charge in [0.2, 0.25) is 0 Å². The van der Waals surface area contributed by atoms with Gasteiger partial charge in [0.05, 0.1) is 158 Å². The van der Waals surface area contributed by atoms with E-state index in [1.165, 1.54) is 0 Å². The molecular formula is C28H56O12. The Labute approximate surface area is 241 Å². The Morgan fingerprint density at radius 1 is 0.350 bits per heavy atom. The van der Waals surface area contributed by atoms with Crippen LogP contribution in [-0.4, -0.2) is 158 Å². The topological polar surface area (TPSA) is 111 Å². The van der Waals surface area contributed by atoms with E-state index in [4.69, 9.17) is 56.8 Å². The average Bonchev–Trinajstić information content (AvgIpc) is 2.95. The van der Waals surface area contributed by atoms with Gasteiger partial charge in [0.15, 0.2) is 0 Å². The van der Waals surface area contributed by atoms with Gasteiger partial charge in [-0.1, -0.05) is 6.08 Å². The molecule has 0 rings (SSSR count). The van der Waals surface area contributed by atoms with Crippen molar-refractivity contribution >= 4 is 0 Å². The van der Waals surface area contributed by atoms with Gasteiger partial charge in [-0.25, -0.2) is 0 Å². The Bertz CT molecular complexity index is 471. The van der Waals surface area contributed by atoms with E-state index in [-0.39, 0.29) is 6.10 Å². The van der Waals surface area contributed by atoms with Gasteiger partial charge >= 0.3 is 0 Å². The zero-order valence-corrected chi connectivity index (χ0v) is 25.0. The van der Waals surface area contributed by atoms with Crippen molar-refractivity contribution in [2.45, 2.75) is 20.0 Å². The van der Waals surface area contributed by atoms with E-state index < -0.39 is 0 Å². The smallest absolute Gasteiger partial charge is 0.0704 e. The van der Waals surface area contributed by atoms with Gasteiger partial charge in [0.25, 0.3) is 0 Å². The van der Waals surface area contributed by atoms with Crippen molar-refractivity contribution < 1.29 is 56.8 Å². The Hall–Kier alpha value is -0.740. The van der Waals surface area contributed by atoms with Crippen molar-refractivity contribution in [3.05, 3.63) is 12.7 Å². The van der Waals surface area contributed by atoms with Gasteiger partial charge < -0.3 is 56.8 Å². The summed E-state index contributed by atoms with van der Waals surface area (Å²) in [6, 6.07) is 0. The summed E-state index contributed by atoms with van der Waals surface area (Å²) in [7, 11) is 0. The molecule has 0 unspecified atom stereocenters. The van der Waals surface area contributed by atoms with Crippen LogP contribution in [0.2, 0.25) is 0 Å². The molecule has 0 aliphatic carbocycles. The lowest BCUT2D eigenvalue weighted by atomic mass is 10.5. The Kier molecular flexibility index (Phi) is 35.6. The lowest BCUT2D eigenvalue weighted by Gasteiger charge is -2.09. The lowest BCUT2D eigenvalue weighted by Crippen LogP contribution is -2.15. The number of rotatable bonds is 36. The highest BCUT2D eigenvalue weighted by Crippen LogP contribution is 1.89. The number of ether oxygens (including phenoxy) is 12. The normalized spacial score (nSPS) is 11.6. The summed E-state index contributed by atoms with van der Waals surface area (Å²) >= 11 is 0. The summed E-state index contributed by atoms with van der Waals surface area (Å²) in [4.78, 5) is 0. The minimum absolute atomic E-state index is 0.233. The van der Waals surface area contributed by atoms with Crippen LogP contribution < -0.4 is 0 Å². The number of hydrogen-bond donors (Lipinski definition) is 0. The van der Waals surface area contributed by atoms with Crippen molar-refractivity contribution in [3.8, 4) is 0 Å². The first-order valence-corrected chi connectivity index (χ1v) is 14.3. The summed E-state index contributed by atoms with van der Waals surface area (Å²) in [5.74, 6) is 0. The molecule has 12 nitrogen and oxygen atoms in total. The predicted molar refractivity (Wildman–Crippen MR) is 150 cm³/mol. The van der Waals surface area contributed by atoms with E-state index >= 15 is 0 Å². The van der Waals surface area contributed by atoms with Gasteiger partial charge in [-0.05, 0) is 13.8 Å². The maximum Gasteiger partial charge on any atom is 0.0704 e. The van der Waals surface area contributed by atoms with E-state index in [2.05, 4.69) is 6.58 Å². The van der Waals surface area contributed by atoms with Crippen molar-refractivity contribution in [1.82, 2.24) is 0 Å². The third-order valence-electron chi connectivity index (χ3n) is 4.63. The molecule has 0 N–H and O–H groups in total. The first kappa shape index (κ1) is 39.3. The molecule has 0 bridgehead atoms. The van der Waals surface area contributed by atoms with Crippen LogP contribution in [-0.2, 0) is 56.8 Å². The Balaban J connectivity index is 3.03. The number of hydrogen-bond acceptors (Lipinski definition) is 12. The van der Waals surface area contributed by atoms with Crippen LogP contribution in [0.15, 0.2) is 12.7 Å². The molecule has 240 valence electrons. The SMILES string of the molecule is C=CCOCCOCCOCCOCCOCCOCCOCCOCCOCCOCCOCCOC(C)C. The third-order valence-corrected chi connectivity index (χ3v) is 4.63. The minimum atomic E-state index is 0.233. The highest BCUT2D eigenvalue weighted by molar-refractivity contribution is 4.63. The maximum atomic E-state index is 5.47. The molecule has 0 aliphatic heterocycles. The summed E-state index contributed by atoms with van der Waals surface area (Å²) in [6.45, 7) is 19.9. The van der Waals surface area contributed by atoms with Crippen LogP contribution in [0.25, 0.3) is 0 Å². The highest BCUT2D eigenvalue weighted by Gasteiger charge is 1.97. The second-order valence-corrected chi connectivity index (χ2v) is 8.41. The molecule has 0 aromatic carbocycles. The maximum absolute atomic E-state index is 5.47. The molecule has 0 amide bonds. The quantitative estimate of drug-likeness (QED) is 0.0791. The van der Waals surface area contributed by atoms with Crippen molar-refractivity contribution in [1.29, 1.82) is 0 Å². The van der Waals surface area contributed by atoms with Crippen LogP contribution in [0.3, 0.4) is 0 Å². The van der Waals surface area contributed by atoms with Crippen molar-refractivity contribution in [3.63, 3.8) is 0 Å². The second-order valence-electron chi connectivity index (χ2n) is 8.41. The molecular weight excluding hydrogens is 528 g/mol. The molecule has 0 aromatic rings. The zero-order chi connectivity index (χ0) is 29.0.